The molecule has 0 heterocycles. The Morgan fingerprint density at radius 3 is 1.91 bits per heavy atom. The molecule has 0 saturated heterocycles. The molecule has 18 heteroatoms. The van der Waals surface area contributed by atoms with Gasteiger partial charge >= 0.3 is 39.2 Å². The summed E-state index contributed by atoms with van der Waals surface area (Å²) in [5, 5.41) is -7.64. The molecule has 1 aliphatic carbocycles. The Kier molecular flexibility index (Phi) is 9.18. The van der Waals surface area contributed by atoms with E-state index in [2.05, 4.69) is 13.7 Å². The quantitative estimate of drug-likeness (QED) is 0.138. The topological polar surface area (TPSA) is 133 Å². The average molecular weight is 542 g/mol. The van der Waals surface area contributed by atoms with Gasteiger partial charge in [-0.2, -0.15) is 47.6 Å². The molecule has 1 rings (SSSR count). The minimum atomic E-state index is -6.70. The lowest BCUT2D eigenvalue weighted by molar-refractivity contribution is -0.343. The summed E-state index contributed by atoms with van der Waals surface area (Å²) >= 11 is 0. The molecule has 1 unspecified atom stereocenters. The fourth-order valence-corrected chi connectivity index (χ4v) is 4.89. The van der Waals surface area contributed by atoms with Crippen molar-refractivity contribution in [3.63, 3.8) is 0 Å². The molecule has 33 heavy (non-hydrogen) atoms. The second kappa shape index (κ2) is 10.2. The van der Waals surface area contributed by atoms with Crippen LogP contribution in [0.2, 0.25) is 0 Å². The van der Waals surface area contributed by atoms with Gasteiger partial charge in [-0.25, -0.2) is 8.98 Å². The minimum Gasteiger partial charge on any atom is -0.462 e. The fourth-order valence-electron chi connectivity index (χ4n) is 2.83. The normalized spacial score (nSPS) is 19.2. The van der Waals surface area contributed by atoms with Crippen LogP contribution in [-0.2, 0) is 38.7 Å². The van der Waals surface area contributed by atoms with E-state index in [1.807, 2.05) is 0 Å². The molecule has 1 saturated carbocycles. The summed E-state index contributed by atoms with van der Waals surface area (Å²) in [6.45, 7) is -1.92. The molecule has 0 aliphatic heterocycles. The summed E-state index contributed by atoms with van der Waals surface area (Å²) in [7, 11) is -11.9. The van der Waals surface area contributed by atoms with E-state index in [1.165, 1.54) is 0 Å². The first-order chi connectivity index (χ1) is 14.8. The van der Waals surface area contributed by atoms with Crippen molar-refractivity contribution in [2.24, 2.45) is 0 Å². The second-order valence-electron chi connectivity index (χ2n) is 6.97. The zero-order chi connectivity index (χ0) is 25.9. The van der Waals surface area contributed by atoms with Gasteiger partial charge in [0, 0.05) is 6.42 Å². The van der Waals surface area contributed by atoms with Gasteiger partial charge in [0.1, 0.15) is 0 Å². The Bertz CT molecular complexity index is 897. The molecule has 0 bridgehead atoms. The van der Waals surface area contributed by atoms with Crippen molar-refractivity contribution in [1.29, 1.82) is 0 Å². The first kappa shape index (κ1) is 29.8. The Hall–Kier alpha value is -1.24. The number of alkyl halides is 7. The molecule has 0 spiro atoms. The number of ether oxygens (including phenoxy) is 2. The smallest absolute Gasteiger partial charge is 0.456 e. The largest absolute Gasteiger partial charge is 0.462 e. The summed E-state index contributed by atoms with van der Waals surface area (Å²) in [5.41, 5.74) is 0. The van der Waals surface area contributed by atoms with Crippen LogP contribution in [0.1, 0.15) is 45.4 Å². The van der Waals surface area contributed by atoms with E-state index in [1.54, 1.807) is 0 Å². The van der Waals surface area contributed by atoms with E-state index < -0.39 is 74.2 Å². The summed E-state index contributed by atoms with van der Waals surface area (Å²) in [4.78, 5) is 12.1. The van der Waals surface area contributed by atoms with Gasteiger partial charge in [0.25, 0.3) is 10.1 Å². The number of carbonyl (C=O) groups excluding carboxylic acids is 1. The highest BCUT2D eigenvalue weighted by Crippen LogP contribution is 2.43. The molecule has 0 radical (unpaired) electrons. The summed E-state index contributed by atoms with van der Waals surface area (Å²) < 4.78 is 161. The van der Waals surface area contributed by atoms with Crippen molar-refractivity contribution < 1.29 is 70.6 Å². The lowest BCUT2D eigenvalue weighted by Crippen LogP contribution is -2.59. The zero-order valence-corrected chi connectivity index (χ0v) is 18.5. The van der Waals surface area contributed by atoms with Gasteiger partial charge in [0.05, 0.1) is 18.5 Å². The van der Waals surface area contributed by atoms with E-state index >= 15 is 0 Å². The monoisotopic (exact) mass is 542 g/mol. The van der Waals surface area contributed by atoms with Crippen molar-refractivity contribution in [2.75, 3.05) is 13.2 Å². The standard InChI is InChI=1S/C15H21F7O9S2/c1-2-29-11(23)13(14(18,19)20,31-32(24,25)10-6-4-3-5-7-10)30-9-8-12(16,17)15(21,22)33(26,27)28/h10H,2-9H2,1H3,(H,26,27,28). The summed E-state index contributed by atoms with van der Waals surface area (Å²) in [5.74, 6) is -13.0. The molecular weight excluding hydrogens is 521 g/mol. The number of halogens is 7. The van der Waals surface area contributed by atoms with Gasteiger partial charge in [0.2, 0.25) is 0 Å². The highest BCUT2D eigenvalue weighted by Gasteiger charge is 2.69. The summed E-state index contributed by atoms with van der Waals surface area (Å²) in [6.07, 6.45) is -7.68. The Balaban J connectivity index is 3.32. The third-order valence-electron chi connectivity index (χ3n) is 4.58. The number of rotatable bonds is 11. The minimum absolute atomic E-state index is 0.141. The molecule has 0 aromatic heterocycles. The van der Waals surface area contributed by atoms with Gasteiger partial charge in [-0.15, -0.1) is 0 Å². The molecule has 1 aliphatic rings. The van der Waals surface area contributed by atoms with E-state index in [0.717, 1.165) is 6.92 Å². The van der Waals surface area contributed by atoms with Crippen LogP contribution in [0.4, 0.5) is 30.7 Å². The Morgan fingerprint density at radius 1 is 0.970 bits per heavy atom. The predicted molar refractivity (Wildman–Crippen MR) is 94.3 cm³/mol. The molecule has 1 fully saturated rings. The van der Waals surface area contributed by atoms with E-state index in [0.29, 0.717) is 19.3 Å². The third kappa shape index (κ3) is 6.46. The average Bonchev–Trinajstić information content (AvgIpc) is 2.65. The molecule has 9 nitrogen and oxygen atoms in total. The molecule has 196 valence electrons. The highest BCUT2D eigenvalue weighted by molar-refractivity contribution is 7.87. The molecular formula is C15H21F7O9S2. The van der Waals surface area contributed by atoms with Gasteiger partial charge in [0.15, 0.2) is 0 Å². The van der Waals surface area contributed by atoms with Crippen LogP contribution in [-0.4, -0.2) is 69.0 Å². The molecule has 1 N–H and O–H groups in total. The van der Waals surface area contributed by atoms with Crippen molar-refractivity contribution in [2.45, 2.75) is 73.8 Å². The maximum absolute atomic E-state index is 13.8. The SMILES string of the molecule is CCOC(=O)C(OCCC(F)(F)C(F)(F)S(=O)(=O)O)(OS(=O)(=O)C1CCCCC1)C(F)(F)F. The predicted octanol–water partition coefficient (Wildman–Crippen LogP) is 3.01. The van der Waals surface area contributed by atoms with Crippen LogP contribution < -0.4 is 0 Å². The maximum atomic E-state index is 13.8. The van der Waals surface area contributed by atoms with Crippen molar-refractivity contribution in [1.82, 2.24) is 0 Å². The van der Waals surface area contributed by atoms with E-state index in [4.69, 9.17) is 4.55 Å². The van der Waals surface area contributed by atoms with Crippen LogP contribution in [0.3, 0.4) is 0 Å². The summed E-state index contributed by atoms with van der Waals surface area (Å²) in [6, 6.07) is 0. The molecule has 0 amide bonds. The number of hydrogen-bond donors (Lipinski definition) is 1. The van der Waals surface area contributed by atoms with Crippen LogP contribution in [0.15, 0.2) is 0 Å². The van der Waals surface area contributed by atoms with Crippen LogP contribution in [0, 0.1) is 0 Å². The number of carbonyl (C=O) groups is 1. The van der Waals surface area contributed by atoms with E-state index in [9.17, 15) is 52.4 Å². The highest BCUT2D eigenvalue weighted by atomic mass is 32.2. The molecule has 1 atom stereocenters. The van der Waals surface area contributed by atoms with Gasteiger partial charge in [-0.05, 0) is 19.8 Å². The van der Waals surface area contributed by atoms with Crippen LogP contribution in [0.25, 0.3) is 0 Å². The Labute approximate surface area is 184 Å². The first-order valence-corrected chi connectivity index (χ1v) is 12.2. The molecule has 0 aromatic rings. The van der Waals surface area contributed by atoms with Crippen LogP contribution in [0.5, 0.6) is 0 Å². The van der Waals surface area contributed by atoms with Crippen LogP contribution >= 0.6 is 0 Å². The zero-order valence-electron chi connectivity index (χ0n) is 16.9. The Morgan fingerprint density at radius 2 is 1.48 bits per heavy atom. The van der Waals surface area contributed by atoms with Crippen molar-refractivity contribution >= 4 is 26.2 Å². The van der Waals surface area contributed by atoms with Gasteiger partial charge in [-0.1, -0.05) is 19.3 Å². The van der Waals surface area contributed by atoms with Crippen molar-refractivity contribution in [3.8, 4) is 0 Å². The fraction of sp³-hybridized carbons (Fsp3) is 0.933. The van der Waals surface area contributed by atoms with Crippen molar-refractivity contribution in [3.05, 3.63) is 0 Å². The third-order valence-corrected chi connectivity index (χ3v) is 7.28. The first-order valence-electron chi connectivity index (χ1n) is 9.30. The lowest BCUT2D eigenvalue weighted by Gasteiger charge is -2.34. The molecule has 0 aromatic carbocycles. The number of hydrogen-bond acceptors (Lipinski definition) is 8. The van der Waals surface area contributed by atoms with Gasteiger partial charge in [-0.3, -0.25) is 4.55 Å². The van der Waals surface area contributed by atoms with Gasteiger partial charge < -0.3 is 9.47 Å². The van der Waals surface area contributed by atoms with E-state index in [-0.39, 0.29) is 12.8 Å². The number of esters is 1. The lowest BCUT2D eigenvalue weighted by atomic mass is 10.0. The second-order valence-corrected chi connectivity index (χ2v) is 10.2. The maximum Gasteiger partial charge on any atom is 0.456 e.